The van der Waals surface area contributed by atoms with Gasteiger partial charge in [0.25, 0.3) is 5.91 Å². The Morgan fingerprint density at radius 1 is 0.833 bits per heavy atom. The van der Waals surface area contributed by atoms with E-state index < -0.39 is 0 Å². The van der Waals surface area contributed by atoms with Gasteiger partial charge in [-0.2, -0.15) is 5.10 Å². The van der Waals surface area contributed by atoms with Crippen LogP contribution in [0.25, 0.3) is 0 Å². The molecule has 1 amide bonds. The highest BCUT2D eigenvalue weighted by atomic mass is 16.5. The summed E-state index contributed by atoms with van der Waals surface area (Å²) in [6, 6.07) is 23.9. The molecule has 0 aliphatic rings. The average molecular weight is 404 g/mol. The van der Waals surface area contributed by atoms with Crippen LogP contribution in [-0.2, 0) is 0 Å². The van der Waals surface area contributed by atoms with Crippen LogP contribution in [0, 0.1) is 0 Å². The lowest BCUT2D eigenvalue weighted by Gasteiger charge is -2.08. The zero-order valence-electron chi connectivity index (χ0n) is 16.8. The van der Waals surface area contributed by atoms with Crippen molar-refractivity contribution in [2.24, 2.45) is 5.10 Å². The molecule has 30 heavy (non-hydrogen) atoms. The number of carbonyl (C=O) groups excluding carboxylic acids is 1. The fraction of sp³-hybridized carbons (Fsp3) is 0.167. The van der Waals surface area contributed by atoms with E-state index in [1.54, 1.807) is 25.5 Å². The second-order valence-electron chi connectivity index (χ2n) is 6.36. The van der Waals surface area contributed by atoms with Crippen LogP contribution < -0.4 is 19.6 Å². The summed E-state index contributed by atoms with van der Waals surface area (Å²) < 4.78 is 16.5. The lowest BCUT2D eigenvalue weighted by Crippen LogP contribution is -2.17. The Bertz CT molecular complexity index is 939. The largest absolute Gasteiger partial charge is 0.497 e. The second kappa shape index (κ2) is 11.3. The minimum Gasteiger partial charge on any atom is -0.497 e. The first-order valence-corrected chi connectivity index (χ1v) is 9.63. The molecule has 154 valence electrons. The number of hydrogen-bond acceptors (Lipinski definition) is 5. The molecule has 0 aromatic heterocycles. The molecular formula is C24H24N2O4. The van der Waals surface area contributed by atoms with Crippen molar-refractivity contribution in [1.29, 1.82) is 0 Å². The zero-order chi connectivity index (χ0) is 21.0. The highest BCUT2D eigenvalue weighted by Gasteiger charge is 2.01. The van der Waals surface area contributed by atoms with Crippen molar-refractivity contribution in [2.75, 3.05) is 20.3 Å². The molecule has 3 aromatic rings. The van der Waals surface area contributed by atoms with E-state index in [2.05, 4.69) is 10.5 Å². The van der Waals surface area contributed by atoms with Crippen LogP contribution in [0.3, 0.4) is 0 Å². The topological polar surface area (TPSA) is 69.2 Å². The van der Waals surface area contributed by atoms with Gasteiger partial charge in [0.1, 0.15) is 17.2 Å². The van der Waals surface area contributed by atoms with E-state index in [9.17, 15) is 4.79 Å². The van der Waals surface area contributed by atoms with Crippen LogP contribution in [0.5, 0.6) is 17.2 Å². The number of benzene rings is 3. The number of nitrogens with zero attached hydrogens (tertiary/aromatic N) is 1. The molecule has 1 N–H and O–H groups in total. The molecule has 3 rings (SSSR count). The van der Waals surface area contributed by atoms with Crippen LogP contribution in [0.15, 0.2) is 84.0 Å². The van der Waals surface area contributed by atoms with Gasteiger partial charge in [0.2, 0.25) is 0 Å². The lowest BCUT2D eigenvalue weighted by molar-refractivity contribution is 0.0955. The van der Waals surface area contributed by atoms with Gasteiger partial charge >= 0.3 is 0 Å². The minimum absolute atomic E-state index is 0.247. The zero-order valence-corrected chi connectivity index (χ0v) is 16.8. The van der Waals surface area contributed by atoms with Crippen molar-refractivity contribution < 1.29 is 19.0 Å². The fourth-order valence-corrected chi connectivity index (χ4v) is 2.58. The average Bonchev–Trinajstić information content (AvgIpc) is 2.81. The van der Waals surface area contributed by atoms with Crippen LogP contribution in [0.4, 0.5) is 0 Å². The molecule has 6 heteroatoms. The third-order valence-corrected chi connectivity index (χ3v) is 4.18. The molecule has 0 atom stereocenters. The maximum Gasteiger partial charge on any atom is 0.271 e. The Kier molecular flexibility index (Phi) is 7.85. The first-order chi connectivity index (χ1) is 14.7. The van der Waals surface area contributed by atoms with Crippen LogP contribution in [0.2, 0.25) is 0 Å². The number of ether oxygens (including phenoxy) is 3. The summed E-state index contributed by atoms with van der Waals surface area (Å²) in [5, 5.41) is 3.98. The van der Waals surface area contributed by atoms with E-state index in [4.69, 9.17) is 14.2 Å². The van der Waals surface area contributed by atoms with Gasteiger partial charge in [-0.15, -0.1) is 0 Å². The van der Waals surface area contributed by atoms with Crippen molar-refractivity contribution >= 4 is 12.1 Å². The summed E-state index contributed by atoms with van der Waals surface area (Å²) in [5.41, 5.74) is 3.93. The summed E-state index contributed by atoms with van der Waals surface area (Å²) in [7, 11) is 1.64. The maximum atomic E-state index is 11.9. The highest BCUT2D eigenvalue weighted by molar-refractivity contribution is 5.94. The molecule has 6 nitrogen and oxygen atoms in total. The van der Waals surface area contributed by atoms with Crippen molar-refractivity contribution in [3.8, 4) is 17.2 Å². The van der Waals surface area contributed by atoms with E-state index in [-0.39, 0.29) is 5.91 Å². The molecule has 0 heterocycles. The third kappa shape index (κ3) is 6.67. The number of amides is 1. The molecule has 0 bridgehead atoms. The summed E-state index contributed by atoms with van der Waals surface area (Å²) in [5.74, 6) is 2.13. The number of nitrogens with one attached hydrogen (secondary N) is 1. The Hall–Kier alpha value is -3.80. The molecule has 0 aliphatic carbocycles. The Morgan fingerprint density at radius 2 is 1.40 bits per heavy atom. The standard InChI is InChI=1S/C24H24N2O4/c1-28-21-12-14-23(15-13-21)30-17-5-16-29-22-10-8-19(9-11-22)18-25-26-24(27)20-6-3-2-4-7-20/h2-4,6-15,18H,5,16-17H2,1H3,(H,26,27). The first-order valence-electron chi connectivity index (χ1n) is 9.63. The normalized spacial score (nSPS) is 10.6. The molecular weight excluding hydrogens is 380 g/mol. The predicted octanol–water partition coefficient (Wildman–Crippen LogP) is 4.31. The number of methoxy groups -OCH3 is 1. The third-order valence-electron chi connectivity index (χ3n) is 4.18. The summed E-state index contributed by atoms with van der Waals surface area (Å²) in [6.07, 6.45) is 2.36. The van der Waals surface area contributed by atoms with E-state index in [0.717, 1.165) is 29.2 Å². The van der Waals surface area contributed by atoms with Gasteiger partial charge in [-0.3, -0.25) is 4.79 Å². The van der Waals surface area contributed by atoms with Crippen molar-refractivity contribution in [3.05, 3.63) is 90.0 Å². The van der Waals surface area contributed by atoms with E-state index >= 15 is 0 Å². The van der Waals surface area contributed by atoms with Gasteiger partial charge in [-0.1, -0.05) is 18.2 Å². The van der Waals surface area contributed by atoms with Crippen molar-refractivity contribution in [2.45, 2.75) is 6.42 Å². The molecule has 0 fully saturated rings. The van der Waals surface area contributed by atoms with Gasteiger partial charge < -0.3 is 14.2 Å². The van der Waals surface area contributed by atoms with Gasteiger partial charge in [-0.25, -0.2) is 5.43 Å². The summed E-state index contributed by atoms with van der Waals surface area (Å²) in [4.78, 5) is 11.9. The Labute approximate surface area is 176 Å². The number of rotatable bonds is 10. The molecule has 0 radical (unpaired) electrons. The van der Waals surface area contributed by atoms with Crippen LogP contribution >= 0.6 is 0 Å². The van der Waals surface area contributed by atoms with Gasteiger partial charge in [0, 0.05) is 12.0 Å². The smallest absolute Gasteiger partial charge is 0.271 e. The molecule has 0 saturated carbocycles. The fourth-order valence-electron chi connectivity index (χ4n) is 2.58. The lowest BCUT2D eigenvalue weighted by atomic mass is 10.2. The second-order valence-corrected chi connectivity index (χ2v) is 6.36. The summed E-state index contributed by atoms with van der Waals surface area (Å²) >= 11 is 0. The first kappa shape index (κ1) is 20.9. The molecule has 0 aliphatic heterocycles. The van der Waals surface area contributed by atoms with Crippen molar-refractivity contribution in [1.82, 2.24) is 5.43 Å². The minimum atomic E-state index is -0.247. The quantitative estimate of drug-likeness (QED) is 0.311. The molecule has 3 aromatic carbocycles. The Balaban J connectivity index is 1.35. The van der Waals surface area contributed by atoms with E-state index in [0.29, 0.717) is 18.8 Å². The van der Waals surface area contributed by atoms with Gasteiger partial charge in [0.15, 0.2) is 0 Å². The molecule has 0 spiro atoms. The monoisotopic (exact) mass is 404 g/mol. The van der Waals surface area contributed by atoms with Crippen LogP contribution in [-0.4, -0.2) is 32.4 Å². The van der Waals surface area contributed by atoms with E-state index in [1.165, 1.54) is 0 Å². The van der Waals surface area contributed by atoms with E-state index in [1.807, 2.05) is 66.7 Å². The predicted molar refractivity (Wildman–Crippen MR) is 117 cm³/mol. The number of carbonyl (C=O) groups is 1. The molecule has 0 unspecified atom stereocenters. The number of hydrazone groups is 1. The number of hydrogen-bond donors (Lipinski definition) is 1. The Morgan fingerprint density at radius 3 is 2.00 bits per heavy atom. The van der Waals surface area contributed by atoms with Gasteiger partial charge in [0.05, 0.1) is 26.5 Å². The molecule has 0 saturated heterocycles. The van der Waals surface area contributed by atoms with Crippen LogP contribution in [0.1, 0.15) is 22.3 Å². The SMILES string of the molecule is COc1ccc(OCCCOc2ccc(C=NNC(=O)c3ccccc3)cc2)cc1. The van der Waals surface area contributed by atoms with Gasteiger partial charge in [-0.05, 0) is 66.2 Å². The highest BCUT2D eigenvalue weighted by Crippen LogP contribution is 2.17. The summed E-state index contributed by atoms with van der Waals surface area (Å²) in [6.45, 7) is 1.12. The van der Waals surface area contributed by atoms with Crippen molar-refractivity contribution in [3.63, 3.8) is 0 Å². The maximum absolute atomic E-state index is 11.9.